The zero-order valence-electron chi connectivity index (χ0n) is 16.9. The average molecular weight is 458 g/mol. The Morgan fingerprint density at radius 2 is 1.87 bits per heavy atom. The van der Waals surface area contributed by atoms with Gasteiger partial charge in [0.15, 0.2) is 4.96 Å². The molecule has 0 N–H and O–H groups in total. The van der Waals surface area contributed by atoms with Crippen LogP contribution in [0.5, 0.6) is 0 Å². The van der Waals surface area contributed by atoms with Gasteiger partial charge in [0.05, 0.1) is 27.6 Å². The number of hydrogen-bond acceptors (Lipinski definition) is 4. The Balaban J connectivity index is 1.58. The second-order valence-corrected chi connectivity index (χ2v) is 9.67. The van der Waals surface area contributed by atoms with E-state index in [-0.39, 0.29) is 5.41 Å². The van der Waals surface area contributed by atoms with Crippen molar-refractivity contribution in [2.75, 3.05) is 0 Å². The predicted octanol–water partition coefficient (Wildman–Crippen LogP) is 7.22. The lowest BCUT2D eigenvalue weighted by atomic mass is 9.86. The van der Waals surface area contributed by atoms with Crippen LogP contribution in [-0.2, 0) is 16.9 Å². The smallest absolute Gasteiger partial charge is 0.194 e. The molecule has 0 spiro atoms. The Morgan fingerprint density at radius 3 is 2.57 bits per heavy atom. The van der Waals surface area contributed by atoms with Gasteiger partial charge in [-0.25, -0.2) is 4.98 Å². The van der Waals surface area contributed by atoms with Gasteiger partial charge in [0, 0.05) is 17.1 Å². The van der Waals surface area contributed by atoms with Gasteiger partial charge in [-0.1, -0.05) is 79.5 Å². The SMILES string of the molecule is CC(C)(C)c1ccc(-c2nc3sccn3c2/C=N/OCc2ccc(Cl)c(Cl)c2)cc1. The molecule has 0 aliphatic heterocycles. The molecule has 0 atom stereocenters. The number of halogens is 2. The average Bonchev–Trinajstić information content (AvgIpc) is 3.29. The summed E-state index contributed by atoms with van der Waals surface area (Å²) >= 11 is 13.6. The molecule has 0 unspecified atom stereocenters. The van der Waals surface area contributed by atoms with Crippen LogP contribution in [0, 0.1) is 0 Å². The molecule has 30 heavy (non-hydrogen) atoms. The van der Waals surface area contributed by atoms with Crippen LogP contribution in [0.25, 0.3) is 16.2 Å². The highest BCUT2D eigenvalue weighted by atomic mass is 35.5. The number of benzene rings is 2. The number of imidazole rings is 1. The molecule has 2 aromatic carbocycles. The van der Waals surface area contributed by atoms with Crippen molar-refractivity contribution in [3.05, 3.63) is 80.9 Å². The van der Waals surface area contributed by atoms with E-state index in [1.165, 1.54) is 5.56 Å². The summed E-state index contributed by atoms with van der Waals surface area (Å²) in [6.07, 6.45) is 3.69. The molecule has 0 fully saturated rings. The van der Waals surface area contributed by atoms with E-state index in [4.69, 9.17) is 33.0 Å². The van der Waals surface area contributed by atoms with Crippen LogP contribution >= 0.6 is 34.5 Å². The van der Waals surface area contributed by atoms with Crippen LogP contribution in [0.1, 0.15) is 37.6 Å². The highest BCUT2D eigenvalue weighted by Gasteiger charge is 2.16. The van der Waals surface area contributed by atoms with Crippen molar-refractivity contribution < 1.29 is 4.84 Å². The maximum absolute atomic E-state index is 6.05. The second-order valence-electron chi connectivity index (χ2n) is 7.98. The quantitative estimate of drug-likeness (QED) is 0.234. The van der Waals surface area contributed by atoms with E-state index in [1.54, 1.807) is 29.7 Å². The number of rotatable bonds is 5. The lowest BCUT2D eigenvalue weighted by Crippen LogP contribution is -2.10. The predicted molar refractivity (Wildman–Crippen MR) is 126 cm³/mol. The minimum atomic E-state index is 0.107. The highest BCUT2D eigenvalue weighted by molar-refractivity contribution is 7.15. The third kappa shape index (κ3) is 4.38. The maximum Gasteiger partial charge on any atom is 0.194 e. The normalized spacial score (nSPS) is 12.2. The first kappa shape index (κ1) is 20.9. The molecule has 0 aliphatic carbocycles. The van der Waals surface area contributed by atoms with E-state index < -0.39 is 0 Å². The summed E-state index contributed by atoms with van der Waals surface area (Å²) in [6.45, 7) is 6.92. The van der Waals surface area contributed by atoms with Crippen molar-refractivity contribution in [1.82, 2.24) is 9.38 Å². The van der Waals surface area contributed by atoms with E-state index in [0.29, 0.717) is 16.7 Å². The molecule has 154 valence electrons. The van der Waals surface area contributed by atoms with Gasteiger partial charge >= 0.3 is 0 Å². The molecule has 0 saturated carbocycles. The van der Waals surface area contributed by atoms with Crippen molar-refractivity contribution in [1.29, 1.82) is 0 Å². The standard InChI is InChI=1S/C23H21Cl2N3OS/c1-23(2,3)17-7-5-16(6-8-17)21-20(28-10-11-30-22(28)27-21)13-26-29-14-15-4-9-18(24)19(25)12-15/h4-13H,14H2,1-3H3/b26-13+. The Kier molecular flexibility index (Phi) is 5.87. The molecule has 4 aromatic rings. The third-order valence-corrected chi connectivity index (χ3v) is 6.28. The zero-order valence-corrected chi connectivity index (χ0v) is 19.2. The lowest BCUT2D eigenvalue weighted by molar-refractivity contribution is 0.132. The molecular weight excluding hydrogens is 437 g/mol. The first-order valence-corrected chi connectivity index (χ1v) is 11.1. The van der Waals surface area contributed by atoms with Crippen molar-refractivity contribution >= 4 is 45.7 Å². The van der Waals surface area contributed by atoms with E-state index in [9.17, 15) is 0 Å². The number of thiazole rings is 1. The minimum absolute atomic E-state index is 0.107. The molecule has 0 aliphatic rings. The number of nitrogens with zero attached hydrogens (tertiary/aromatic N) is 3. The molecule has 0 saturated heterocycles. The third-order valence-electron chi connectivity index (χ3n) is 4.79. The van der Waals surface area contributed by atoms with Gasteiger partial charge < -0.3 is 4.84 Å². The first-order valence-electron chi connectivity index (χ1n) is 9.48. The number of aromatic nitrogens is 2. The van der Waals surface area contributed by atoms with Crippen molar-refractivity contribution in [3.8, 4) is 11.3 Å². The summed E-state index contributed by atoms with van der Waals surface area (Å²) in [5.41, 5.74) is 5.09. The molecule has 0 amide bonds. The molecular formula is C23H21Cl2N3OS. The number of fused-ring (bicyclic) bond motifs is 1. The molecule has 2 aromatic heterocycles. The zero-order chi connectivity index (χ0) is 21.3. The molecule has 7 heteroatoms. The van der Waals surface area contributed by atoms with E-state index in [1.807, 2.05) is 22.0 Å². The summed E-state index contributed by atoms with van der Waals surface area (Å²) in [6, 6.07) is 13.9. The molecule has 2 heterocycles. The largest absolute Gasteiger partial charge is 0.391 e. The van der Waals surface area contributed by atoms with Gasteiger partial charge in [-0.3, -0.25) is 4.40 Å². The summed E-state index contributed by atoms with van der Waals surface area (Å²) in [5, 5.41) is 7.20. The van der Waals surface area contributed by atoms with Crippen LogP contribution in [-0.4, -0.2) is 15.6 Å². The molecule has 4 rings (SSSR count). The summed E-state index contributed by atoms with van der Waals surface area (Å²) in [5.74, 6) is 0. The van der Waals surface area contributed by atoms with Gasteiger partial charge in [0.1, 0.15) is 6.61 Å². The second kappa shape index (κ2) is 8.42. The summed E-state index contributed by atoms with van der Waals surface area (Å²) in [7, 11) is 0. The van der Waals surface area contributed by atoms with Crippen LogP contribution in [0.3, 0.4) is 0 Å². The van der Waals surface area contributed by atoms with Crippen LogP contribution in [0.4, 0.5) is 0 Å². The number of hydrogen-bond donors (Lipinski definition) is 0. The van der Waals surface area contributed by atoms with E-state index in [2.05, 4.69) is 50.2 Å². The van der Waals surface area contributed by atoms with Crippen molar-refractivity contribution in [2.45, 2.75) is 32.8 Å². The Bertz CT molecular complexity index is 1200. The van der Waals surface area contributed by atoms with Crippen LogP contribution in [0.2, 0.25) is 10.0 Å². The molecule has 4 nitrogen and oxygen atoms in total. The summed E-state index contributed by atoms with van der Waals surface area (Å²) in [4.78, 5) is 11.2. The maximum atomic E-state index is 6.05. The molecule has 0 radical (unpaired) electrons. The fraction of sp³-hybridized carbons (Fsp3) is 0.217. The Labute approximate surface area is 189 Å². The Morgan fingerprint density at radius 1 is 1.10 bits per heavy atom. The number of oxime groups is 1. The van der Waals surface area contributed by atoms with Gasteiger partial charge in [-0.15, -0.1) is 11.3 Å². The van der Waals surface area contributed by atoms with Crippen molar-refractivity contribution in [3.63, 3.8) is 0 Å². The summed E-state index contributed by atoms with van der Waals surface area (Å²) < 4.78 is 2.02. The molecule has 0 bridgehead atoms. The Hall–Kier alpha value is -2.34. The van der Waals surface area contributed by atoms with E-state index >= 15 is 0 Å². The minimum Gasteiger partial charge on any atom is -0.391 e. The fourth-order valence-electron chi connectivity index (χ4n) is 3.10. The highest BCUT2D eigenvalue weighted by Crippen LogP contribution is 2.29. The van der Waals surface area contributed by atoms with E-state index in [0.717, 1.165) is 27.5 Å². The van der Waals surface area contributed by atoms with Gasteiger partial charge in [-0.2, -0.15) is 0 Å². The van der Waals surface area contributed by atoms with Gasteiger partial charge in [-0.05, 0) is 28.7 Å². The van der Waals surface area contributed by atoms with Gasteiger partial charge in [0.25, 0.3) is 0 Å². The lowest BCUT2D eigenvalue weighted by Gasteiger charge is -2.19. The first-order chi connectivity index (χ1) is 14.3. The van der Waals surface area contributed by atoms with Crippen molar-refractivity contribution in [2.24, 2.45) is 5.16 Å². The van der Waals surface area contributed by atoms with Gasteiger partial charge in [0.2, 0.25) is 0 Å². The fourth-order valence-corrected chi connectivity index (χ4v) is 4.14. The monoisotopic (exact) mass is 457 g/mol. The van der Waals surface area contributed by atoms with Crippen LogP contribution < -0.4 is 0 Å². The topological polar surface area (TPSA) is 38.9 Å². The van der Waals surface area contributed by atoms with Crippen LogP contribution in [0.15, 0.2) is 59.2 Å².